The zero-order valence-corrected chi connectivity index (χ0v) is 17.1. The zero-order chi connectivity index (χ0) is 20.5. The number of hydrazine groups is 1. The van der Waals surface area contributed by atoms with Crippen LogP contribution in [0.4, 0.5) is 5.69 Å². The number of carbonyl (C=O) groups is 1. The van der Waals surface area contributed by atoms with E-state index in [4.69, 9.17) is 4.74 Å². The Bertz CT molecular complexity index is 1160. The van der Waals surface area contributed by atoms with Crippen LogP contribution in [0.15, 0.2) is 66.3 Å². The second-order valence-electron chi connectivity index (χ2n) is 7.19. The molecule has 152 valence electrons. The van der Waals surface area contributed by atoms with Crippen LogP contribution in [0.3, 0.4) is 0 Å². The van der Waals surface area contributed by atoms with E-state index in [2.05, 4.69) is 21.2 Å². The fraction of sp³-hybridized carbons (Fsp3) is 0.182. The van der Waals surface area contributed by atoms with Gasteiger partial charge in [-0.2, -0.15) is 0 Å². The van der Waals surface area contributed by atoms with Gasteiger partial charge in [0.05, 0.1) is 12.8 Å². The third kappa shape index (κ3) is 3.68. The highest BCUT2D eigenvalue weighted by Crippen LogP contribution is 2.26. The summed E-state index contributed by atoms with van der Waals surface area (Å²) < 4.78 is 7.30. The molecule has 1 aliphatic rings. The van der Waals surface area contributed by atoms with E-state index in [1.807, 2.05) is 70.7 Å². The van der Waals surface area contributed by atoms with Gasteiger partial charge < -0.3 is 10.1 Å². The molecular formula is C22H21N5O2S. The van der Waals surface area contributed by atoms with Gasteiger partial charge in [0.1, 0.15) is 11.8 Å². The Morgan fingerprint density at radius 3 is 2.90 bits per heavy atom. The number of nitrogens with zero attached hydrogens (tertiary/aromatic N) is 2. The van der Waals surface area contributed by atoms with Crippen molar-refractivity contribution in [2.45, 2.75) is 18.5 Å². The fourth-order valence-electron chi connectivity index (χ4n) is 3.63. The molecule has 2 atom stereocenters. The van der Waals surface area contributed by atoms with Gasteiger partial charge >= 0.3 is 0 Å². The van der Waals surface area contributed by atoms with E-state index < -0.39 is 0 Å². The van der Waals surface area contributed by atoms with E-state index in [1.54, 1.807) is 18.4 Å². The molecule has 0 spiro atoms. The summed E-state index contributed by atoms with van der Waals surface area (Å²) in [6.07, 6.45) is 4.65. The van der Waals surface area contributed by atoms with Crippen molar-refractivity contribution in [3.8, 4) is 17.0 Å². The number of hydrogen-bond donors (Lipinski definition) is 3. The smallest absolute Gasteiger partial charge is 0.242 e. The van der Waals surface area contributed by atoms with Crippen molar-refractivity contribution in [3.63, 3.8) is 0 Å². The molecule has 5 rings (SSSR count). The highest BCUT2D eigenvalue weighted by atomic mass is 32.1. The SMILES string of the molecule is COc1cccc(C2CC(C(=O)Nc3ccc(-c4cn5ccsc5n4)cc3)NN2)c1. The van der Waals surface area contributed by atoms with Gasteiger partial charge in [-0.3, -0.25) is 9.20 Å². The van der Waals surface area contributed by atoms with Crippen LogP contribution < -0.4 is 20.9 Å². The normalized spacial score (nSPS) is 18.6. The molecule has 0 aliphatic carbocycles. The molecule has 3 N–H and O–H groups in total. The number of methoxy groups -OCH3 is 1. The van der Waals surface area contributed by atoms with E-state index in [0.29, 0.717) is 6.42 Å². The van der Waals surface area contributed by atoms with Crippen molar-refractivity contribution >= 4 is 27.9 Å². The summed E-state index contributed by atoms with van der Waals surface area (Å²) in [4.78, 5) is 18.3. The number of fused-ring (bicyclic) bond motifs is 1. The minimum Gasteiger partial charge on any atom is -0.497 e. The molecule has 1 fully saturated rings. The molecule has 0 saturated carbocycles. The van der Waals surface area contributed by atoms with E-state index in [-0.39, 0.29) is 18.0 Å². The Balaban J connectivity index is 1.22. The lowest BCUT2D eigenvalue weighted by atomic mass is 10.0. The first kappa shape index (κ1) is 18.8. The Morgan fingerprint density at radius 2 is 2.10 bits per heavy atom. The monoisotopic (exact) mass is 419 g/mol. The number of nitrogens with one attached hydrogen (secondary N) is 3. The molecule has 0 bridgehead atoms. The second kappa shape index (κ2) is 7.91. The Kier molecular flexibility index (Phi) is 4.96. The number of anilines is 1. The number of amides is 1. The third-order valence-electron chi connectivity index (χ3n) is 5.26. The van der Waals surface area contributed by atoms with E-state index in [9.17, 15) is 4.79 Å². The second-order valence-corrected chi connectivity index (χ2v) is 8.06. The lowest BCUT2D eigenvalue weighted by Gasteiger charge is -2.12. The Hall–Kier alpha value is -3.20. The van der Waals surface area contributed by atoms with Crippen molar-refractivity contribution in [2.24, 2.45) is 0 Å². The van der Waals surface area contributed by atoms with Crippen molar-refractivity contribution in [1.82, 2.24) is 20.2 Å². The minimum atomic E-state index is -0.319. The maximum absolute atomic E-state index is 12.7. The van der Waals surface area contributed by atoms with Crippen molar-refractivity contribution in [3.05, 3.63) is 71.9 Å². The van der Waals surface area contributed by atoms with Crippen molar-refractivity contribution < 1.29 is 9.53 Å². The Labute approximate surface area is 177 Å². The van der Waals surface area contributed by atoms with Crippen LogP contribution in [0.2, 0.25) is 0 Å². The van der Waals surface area contributed by atoms with Gasteiger partial charge in [-0.15, -0.1) is 11.3 Å². The summed E-state index contributed by atoms with van der Waals surface area (Å²) in [7, 11) is 1.65. The van der Waals surface area contributed by atoms with Crippen molar-refractivity contribution in [1.29, 1.82) is 0 Å². The molecule has 2 aromatic carbocycles. The minimum absolute atomic E-state index is 0.0491. The predicted molar refractivity (Wildman–Crippen MR) is 118 cm³/mol. The summed E-state index contributed by atoms with van der Waals surface area (Å²) in [5.74, 6) is 0.739. The highest BCUT2D eigenvalue weighted by Gasteiger charge is 2.30. The molecule has 1 saturated heterocycles. The Morgan fingerprint density at radius 1 is 1.23 bits per heavy atom. The van der Waals surface area contributed by atoms with Gasteiger partial charge in [-0.25, -0.2) is 15.8 Å². The lowest BCUT2D eigenvalue weighted by Crippen LogP contribution is -2.39. The number of aromatic nitrogens is 2. The van der Waals surface area contributed by atoms with Crippen LogP contribution >= 0.6 is 11.3 Å². The maximum atomic E-state index is 12.7. The molecule has 4 aromatic rings. The highest BCUT2D eigenvalue weighted by molar-refractivity contribution is 7.15. The van der Waals surface area contributed by atoms with Crippen molar-refractivity contribution in [2.75, 3.05) is 12.4 Å². The van der Waals surface area contributed by atoms with E-state index in [0.717, 1.165) is 33.2 Å². The number of benzene rings is 2. The quantitative estimate of drug-likeness (QED) is 0.460. The summed E-state index contributed by atoms with van der Waals surface area (Å²) in [6.45, 7) is 0. The first-order valence-electron chi connectivity index (χ1n) is 9.68. The molecule has 2 unspecified atom stereocenters. The number of thiazole rings is 1. The standard InChI is InChI=1S/C22H21N5O2S/c1-29-17-4-2-3-15(11-17)18-12-19(26-25-18)21(28)23-16-7-5-14(6-8-16)20-13-27-9-10-30-22(27)24-20/h2-11,13,18-19,25-26H,12H2,1H3,(H,23,28). The average molecular weight is 420 g/mol. The van der Waals surface area contributed by atoms with E-state index >= 15 is 0 Å². The third-order valence-corrected chi connectivity index (χ3v) is 6.03. The molecule has 7 nitrogen and oxygen atoms in total. The number of imidazole rings is 1. The van der Waals surface area contributed by atoms with Gasteiger partial charge in [-0.05, 0) is 36.2 Å². The first-order chi connectivity index (χ1) is 14.7. The molecule has 1 amide bonds. The molecule has 30 heavy (non-hydrogen) atoms. The predicted octanol–water partition coefficient (Wildman–Crippen LogP) is 3.62. The number of rotatable bonds is 5. The largest absolute Gasteiger partial charge is 0.497 e. The zero-order valence-electron chi connectivity index (χ0n) is 16.3. The van der Waals surface area contributed by atoms with Crippen LogP contribution in [-0.4, -0.2) is 28.4 Å². The van der Waals surface area contributed by atoms with Crippen LogP contribution in [0, 0.1) is 0 Å². The molecule has 1 aliphatic heterocycles. The molecular weight excluding hydrogens is 398 g/mol. The lowest BCUT2D eigenvalue weighted by molar-refractivity contribution is -0.117. The fourth-order valence-corrected chi connectivity index (χ4v) is 4.33. The van der Waals surface area contributed by atoms with Gasteiger partial charge in [0, 0.05) is 35.1 Å². The molecule has 2 aromatic heterocycles. The topological polar surface area (TPSA) is 79.7 Å². The maximum Gasteiger partial charge on any atom is 0.242 e. The average Bonchev–Trinajstić information content (AvgIpc) is 3.50. The summed E-state index contributed by atoms with van der Waals surface area (Å²) in [6, 6.07) is 15.4. The molecule has 3 heterocycles. The van der Waals surface area contributed by atoms with Gasteiger partial charge in [0.25, 0.3) is 0 Å². The summed E-state index contributed by atoms with van der Waals surface area (Å²) in [5.41, 5.74) is 10.1. The molecule has 8 heteroatoms. The van der Waals surface area contributed by atoms with Crippen LogP contribution in [0.5, 0.6) is 5.75 Å². The van der Waals surface area contributed by atoms with Crippen LogP contribution in [0.1, 0.15) is 18.0 Å². The van der Waals surface area contributed by atoms with Gasteiger partial charge in [-0.1, -0.05) is 24.3 Å². The van der Waals surface area contributed by atoms with Crippen LogP contribution in [0.25, 0.3) is 16.2 Å². The van der Waals surface area contributed by atoms with E-state index in [1.165, 1.54) is 0 Å². The van der Waals surface area contributed by atoms with Gasteiger partial charge in [0.2, 0.25) is 5.91 Å². The van der Waals surface area contributed by atoms with Gasteiger partial charge in [0.15, 0.2) is 4.96 Å². The number of ether oxygens (including phenoxy) is 1. The number of carbonyl (C=O) groups excluding carboxylic acids is 1. The first-order valence-corrected chi connectivity index (χ1v) is 10.6. The van der Waals surface area contributed by atoms with Crippen LogP contribution in [-0.2, 0) is 4.79 Å². The summed E-state index contributed by atoms with van der Waals surface area (Å²) in [5, 5.41) is 5.00. The molecule has 0 radical (unpaired) electrons. The number of hydrogen-bond acceptors (Lipinski definition) is 6. The summed E-state index contributed by atoms with van der Waals surface area (Å²) >= 11 is 1.60.